The predicted octanol–water partition coefficient (Wildman–Crippen LogP) is 4.24. The molecule has 0 N–H and O–H groups in total. The number of para-hydroxylation sites is 1. The average molecular weight is 303 g/mol. The van der Waals surface area contributed by atoms with Crippen LogP contribution in [0.25, 0.3) is 0 Å². The zero-order valence-electron chi connectivity index (χ0n) is 12.3. The molecule has 2 aromatic rings. The van der Waals surface area contributed by atoms with Gasteiger partial charge >= 0.3 is 0 Å². The van der Waals surface area contributed by atoms with Crippen molar-refractivity contribution >= 4 is 11.6 Å². The summed E-state index contributed by atoms with van der Waals surface area (Å²) in [6.07, 6.45) is 1.80. The van der Waals surface area contributed by atoms with E-state index in [1.165, 1.54) is 0 Å². The van der Waals surface area contributed by atoms with E-state index in [1.54, 1.807) is 0 Å². The first kappa shape index (κ1) is 14.3. The van der Waals surface area contributed by atoms with Gasteiger partial charge in [-0.25, -0.2) is 9.97 Å². The Morgan fingerprint density at radius 1 is 1.29 bits per heavy atom. The molecule has 1 aliphatic rings. The van der Waals surface area contributed by atoms with Crippen molar-refractivity contribution in [1.29, 1.82) is 0 Å². The van der Waals surface area contributed by atoms with Crippen LogP contribution in [-0.4, -0.2) is 16.6 Å². The monoisotopic (exact) mass is 302 g/mol. The van der Waals surface area contributed by atoms with E-state index < -0.39 is 0 Å². The van der Waals surface area contributed by atoms with Gasteiger partial charge in [0.15, 0.2) is 0 Å². The van der Waals surface area contributed by atoms with Crippen LogP contribution in [0.5, 0.6) is 5.75 Å². The second-order valence-corrected chi connectivity index (χ2v) is 6.25. The molecule has 2 heterocycles. The lowest BCUT2D eigenvalue weighted by Crippen LogP contribution is -2.18. The first-order valence-corrected chi connectivity index (χ1v) is 7.76. The molecule has 0 aliphatic carbocycles. The van der Waals surface area contributed by atoms with E-state index in [9.17, 15) is 0 Å². The number of hydrogen-bond donors (Lipinski definition) is 0. The lowest BCUT2D eigenvalue weighted by Gasteiger charge is -2.25. The molecule has 1 aromatic carbocycles. The Bertz CT molecular complexity index is 642. The van der Waals surface area contributed by atoms with Crippen LogP contribution < -0.4 is 4.74 Å². The highest BCUT2D eigenvalue weighted by molar-refractivity contribution is 6.29. The third-order valence-corrected chi connectivity index (χ3v) is 3.85. The molecular formula is C17H19ClN2O. The van der Waals surface area contributed by atoms with Crippen molar-refractivity contribution < 1.29 is 4.74 Å². The van der Waals surface area contributed by atoms with Crippen LogP contribution in [0.2, 0.25) is 5.15 Å². The van der Waals surface area contributed by atoms with Gasteiger partial charge in [0.05, 0.1) is 12.5 Å². The summed E-state index contributed by atoms with van der Waals surface area (Å²) in [5.74, 6) is 2.46. The molecule has 4 heteroatoms. The second kappa shape index (κ2) is 6.02. The molecule has 1 aromatic heterocycles. The first-order valence-electron chi connectivity index (χ1n) is 7.38. The van der Waals surface area contributed by atoms with Crippen LogP contribution >= 0.6 is 11.6 Å². The van der Waals surface area contributed by atoms with Crippen LogP contribution in [-0.2, 0) is 6.42 Å². The van der Waals surface area contributed by atoms with Crippen LogP contribution in [0, 0.1) is 5.92 Å². The number of aromatic nitrogens is 2. The van der Waals surface area contributed by atoms with Gasteiger partial charge < -0.3 is 4.74 Å². The molecule has 0 saturated carbocycles. The number of nitrogens with zero attached hydrogens (tertiary/aromatic N) is 2. The van der Waals surface area contributed by atoms with Gasteiger partial charge in [-0.2, -0.15) is 0 Å². The highest BCUT2D eigenvalue weighted by Crippen LogP contribution is 2.36. The minimum absolute atomic E-state index is 0.166. The fourth-order valence-corrected chi connectivity index (χ4v) is 2.99. The summed E-state index contributed by atoms with van der Waals surface area (Å²) >= 11 is 6.20. The molecule has 0 radical (unpaired) electrons. The molecule has 0 amide bonds. The van der Waals surface area contributed by atoms with Crippen molar-refractivity contribution in [3.8, 4) is 5.75 Å². The zero-order valence-corrected chi connectivity index (χ0v) is 13.1. The zero-order chi connectivity index (χ0) is 14.8. The maximum absolute atomic E-state index is 6.20. The average Bonchev–Trinajstić information content (AvgIpc) is 2.45. The molecule has 0 bridgehead atoms. The highest BCUT2D eigenvalue weighted by Gasteiger charge is 2.25. The molecule has 1 atom stereocenters. The molecule has 110 valence electrons. The van der Waals surface area contributed by atoms with E-state index in [4.69, 9.17) is 21.3 Å². The number of rotatable bonds is 3. The van der Waals surface area contributed by atoms with E-state index >= 15 is 0 Å². The number of benzene rings is 1. The van der Waals surface area contributed by atoms with Gasteiger partial charge in [0, 0.05) is 11.3 Å². The Morgan fingerprint density at radius 3 is 2.90 bits per heavy atom. The maximum atomic E-state index is 6.20. The lowest BCUT2D eigenvalue weighted by molar-refractivity contribution is 0.274. The first-order chi connectivity index (χ1) is 10.1. The minimum atomic E-state index is 0.166. The van der Waals surface area contributed by atoms with Crippen molar-refractivity contribution in [3.63, 3.8) is 0 Å². The minimum Gasteiger partial charge on any atom is -0.493 e. The molecule has 0 saturated heterocycles. The van der Waals surface area contributed by atoms with E-state index in [0.717, 1.165) is 35.7 Å². The fraction of sp³-hybridized carbons (Fsp3) is 0.412. The summed E-state index contributed by atoms with van der Waals surface area (Å²) in [7, 11) is 0. The lowest BCUT2D eigenvalue weighted by atomic mass is 9.92. The van der Waals surface area contributed by atoms with Crippen molar-refractivity contribution in [2.75, 3.05) is 6.61 Å². The van der Waals surface area contributed by atoms with Gasteiger partial charge in [-0.1, -0.05) is 43.6 Å². The van der Waals surface area contributed by atoms with Gasteiger partial charge in [0.1, 0.15) is 16.7 Å². The molecule has 0 fully saturated rings. The Balaban J connectivity index is 1.99. The van der Waals surface area contributed by atoms with Crippen LogP contribution in [0.4, 0.5) is 0 Å². The number of halogens is 1. The van der Waals surface area contributed by atoms with Gasteiger partial charge in [0.25, 0.3) is 0 Å². The van der Waals surface area contributed by atoms with Gasteiger partial charge in [-0.15, -0.1) is 0 Å². The van der Waals surface area contributed by atoms with Crippen LogP contribution in [0.3, 0.4) is 0 Å². The molecule has 21 heavy (non-hydrogen) atoms. The predicted molar refractivity (Wildman–Crippen MR) is 84.0 cm³/mol. The topological polar surface area (TPSA) is 35.0 Å². The third-order valence-electron chi connectivity index (χ3n) is 3.65. The number of fused-ring (bicyclic) bond motifs is 1. The number of ether oxygens (including phenoxy) is 1. The molecule has 1 unspecified atom stereocenters. The van der Waals surface area contributed by atoms with Gasteiger partial charge in [-0.3, -0.25) is 0 Å². The molecule has 3 nitrogen and oxygen atoms in total. The van der Waals surface area contributed by atoms with Gasteiger partial charge in [-0.05, 0) is 30.9 Å². The summed E-state index contributed by atoms with van der Waals surface area (Å²) in [4.78, 5) is 9.21. The van der Waals surface area contributed by atoms with Crippen molar-refractivity contribution in [2.24, 2.45) is 5.92 Å². The van der Waals surface area contributed by atoms with Crippen molar-refractivity contribution in [1.82, 2.24) is 9.97 Å². The highest BCUT2D eigenvalue weighted by atomic mass is 35.5. The summed E-state index contributed by atoms with van der Waals surface area (Å²) in [6.45, 7) is 5.05. The van der Waals surface area contributed by atoms with E-state index in [-0.39, 0.29) is 5.92 Å². The van der Waals surface area contributed by atoms with Crippen molar-refractivity contribution in [2.45, 2.75) is 32.6 Å². The summed E-state index contributed by atoms with van der Waals surface area (Å²) < 4.78 is 5.71. The Labute approximate surface area is 130 Å². The number of hydrogen-bond acceptors (Lipinski definition) is 3. The van der Waals surface area contributed by atoms with Crippen molar-refractivity contribution in [3.05, 3.63) is 52.6 Å². The normalized spacial score (nSPS) is 17.4. The fourth-order valence-electron chi connectivity index (χ4n) is 2.77. The quantitative estimate of drug-likeness (QED) is 0.795. The maximum Gasteiger partial charge on any atom is 0.138 e. The van der Waals surface area contributed by atoms with Crippen LogP contribution in [0.1, 0.15) is 43.3 Å². The Morgan fingerprint density at radius 2 is 2.10 bits per heavy atom. The van der Waals surface area contributed by atoms with E-state index in [2.05, 4.69) is 24.9 Å². The smallest absolute Gasteiger partial charge is 0.138 e. The summed E-state index contributed by atoms with van der Waals surface area (Å²) in [6, 6.07) is 9.98. The third kappa shape index (κ3) is 3.18. The van der Waals surface area contributed by atoms with Crippen LogP contribution in [0.15, 0.2) is 30.3 Å². The van der Waals surface area contributed by atoms with E-state index in [0.29, 0.717) is 17.7 Å². The largest absolute Gasteiger partial charge is 0.493 e. The second-order valence-electron chi connectivity index (χ2n) is 5.87. The standard InChI is InChI=1S/C17H19ClN2O/c1-11(2)9-12-10-16(18)20-17(19-12)14-7-8-21-15-6-4-3-5-13(14)15/h3-6,10-11,14H,7-9H2,1-2H3. The van der Waals surface area contributed by atoms with E-state index in [1.807, 2.05) is 24.3 Å². The molecular weight excluding hydrogens is 284 g/mol. The Kier molecular flexibility index (Phi) is 4.11. The summed E-state index contributed by atoms with van der Waals surface area (Å²) in [5, 5.41) is 0.527. The van der Waals surface area contributed by atoms with Gasteiger partial charge in [0.2, 0.25) is 0 Å². The Hall–Kier alpha value is -1.61. The summed E-state index contributed by atoms with van der Waals surface area (Å²) in [5.41, 5.74) is 2.17. The molecule has 3 rings (SSSR count). The SMILES string of the molecule is CC(C)Cc1cc(Cl)nc(C2CCOc3ccccc32)n1. The molecule has 0 spiro atoms. The molecule has 1 aliphatic heterocycles.